The van der Waals surface area contributed by atoms with Gasteiger partial charge in [0.05, 0.1) is 7.11 Å². The van der Waals surface area contributed by atoms with Gasteiger partial charge in [-0.05, 0) is 17.7 Å². The van der Waals surface area contributed by atoms with E-state index in [1.54, 1.807) is 24.3 Å². The minimum Gasteiger partial charge on any atom is -0.497 e. The molecule has 0 saturated carbocycles. The zero-order valence-corrected chi connectivity index (χ0v) is 5.79. The highest BCUT2D eigenvalue weighted by Gasteiger charge is 1.90. The molecule has 0 fully saturated rings. The van der Waals surface area contributed by atoms with Crippen LogP contribution >= 0.6 is 0 Å². The number of nitrogens with two attached hydrogens (primary N) is 1. The summed E-state index contributed by atoms with van der Waals surface area (Å²) in [6, 6.07) is 6.66. The van der Waals surface area contributed by atoms with Gasteiger partial charge in [0.25, 0.3) is 0 Å². The molecule has 0 aliphatic heterocycles. The van der Waals surface area contributed by atoms with Crippen LogP contribution in [-0.4, -0.2) is 7.11 Å². The zero-order valence-electron chi connectivity index (χ0n) is 7.79. The Bertz CT molecular complexity index is 270. The van der Waals surface area contributed by atoms with Crippen LogP contribution < -0.4 is 10.5 Å². The summed E-state index contributed by atoms with van der Waals surface area (Å²) in [5.74, 6) is 0.613. The number of ether oxygens (including phenoxy) is 1. The third kappa shape index (κ3) is 1.48. The highest BCUT2D eigenvalue weighted by Crippen LogP contribution is 2.11. The fraction of sp³-hybridized carbons (Fsp3) is 0.250. The van der Waals surface area contributed by atoms with Gasteiger partial charge in [-0.3, -0.25) is 0 Å². The van der Waals surface area contributed by atoms with Crippen molar-refractivity contribution in [3.63, 3.8) is 0 Å². The summed E-state index contributed by atoms with van der Waals surface area (Å²) in [4.78, 5) is 0. The monoisotopic (exact) mass is 139 g/mol. The molecule has 0 radical (unpaired) electrons. The van der Waals surface area contributed by atoms with Crippen molar-refractivity contribution >= 4 is 0 Å². The molecule has 0 unspecified atom stereocenters. The lowest BCUT2D eigenvalue weighted by atomic mass is 10.2. The van der Waals surface area contributed by atoms with E-state index < -0.39 is 6.50 Å². The van der Waals surface area contributed by atoms with Crippen LogP contribution in [0.1, 0.15) is 8.30 Å². The summed E-state index contributed by atoms with van der Waals surface area (Å²) in [6.07, 6.45) is 0. The lowest BCUT2D eigenvalue weighted by Gasteiger charge is -2.00. The quantitative estimate of drug-likeness (QED) is 0.667. The van der Waals surface area contributed by atoms with Gasteiger partial charge in [-0.2, -0.15) is 0 Å². The Labute approximate surface area is 63.4 Å². The van der Waals surface area contributed by atoms with Crippen LogP contribution in [0.4, 0.5) is 0 Å². The Hall–Kier alpha value is -1.02. The molecule has 0 heterocycles. The molecular weight excluding hydrogens is 126 g/mol. The molecule has 0 aliphatic rings. The van der Waals surface area contributed by atoms with Crippen LogP contribution in [0.15, 0.2) is 24.3 Å². The maximum Gasteiger partial charge on any atom is 0.119 e. The Kier molecular flexibility index (Phi) is 1.53. The second kappa shape index (κ2) is 3.22. The highest BCUT2D eigenvalue weighted by atomic mass is 16.5. The molecule has 0 atom stereocenters. The molecule has 2 heteroatoms. The van der Waals surface area contributed by atoms with Gasteiger partial charge in [-0.1, -0.05) is 12.1 Å². The number of benzene rings is 1. The van der Waals surface area contributed by atoms with Gasteiger partial charge in [0.1, 0.15) is 5.75 Å². The van der Waals surface area contributed by atoms with Crippen LogP contribution in [0.2, 0.25) is 0 Å². The van der Waals surface area contributed by atoms with E-state index in [1.165, 1.54) is 7.11 Å². The molecule has 0 saturated heterocycles. The molecule has 10 heavy (non-hydrogen) atoms. The van der Waals surface area contributed by atoms with Crippen molar-refractivity contribution in [1.82, 2.24) is 0 Å². The lowest BCUT2D eigenvalue weighted by Crippen LogP contribution is -1.95. The second-order valence-electron chi connectivity index (χ2n) is 1.88. The third-order valence-corrected chi connectivity index (χ3v) is 1.24. The first-order valence-electron chi connectivity index (χ1n) is 3.97. The molecule has 2 N–H and O–H groups in total. The fourth-order valence-corrected chi connectivity index (χ4v) is 0.713. The smallest absolute Gasteiger partial charge is 0.119 e. The van der Waals surface area contributed by atoms with Gasteiger partial charge in [-0.15, -0.1) is 0 Å². The van der Waals surface area contributed by atoms with Gasteiger partial charge in [0.2, 0.25) is 0 Å². The van der Waals surface area contributed by atoms with Crippen LogP contribution in [0.5, 0.6) is 5.75 Å². The molecule has 0 aliphatic carbocycles. The summed E-state index contributed by atoms with van der Waals surface area (Å²) < 4.78 is 19.4. The largest absolute Gasteiger partial charge is 0.497 e. The van der Waals surface area contributed by atoms with Gasteiger partial charge in [0, 0.05) is 9.24 Å². The van der Waals surface area contributed by atoms with Gasteiger partial charge in [-0.25, -0.2) is 0 Å². The molecule has 1 rings (SSSR count). The lowest BCUT2D eigenvalue weighted by molar-refractivity contribution is 0.414. The predicted molar refractivity (Wildman–Crippen MR) is 40.9 cm³/mol. The molecule has 1 aromatic rings. The predicted octanol–water partition coefficient (Wildman–Crippen LogP) is 1.15. The van der Waals surface area contributed by atoms with E-state index in [9.17, 15) is 0 Å². The van der Waals surface area contributed by atoms with Crippen LogP contribution in [0, 0.1) is 0 Å². The Morgan fingerprint density at radius 2 is 2.50 bits per heavy atom. The fourth-order valence-electron chi connectivity index (χ4n) is 0.713. The first kappa shape index (κ1) is 4.74. The minimum absolute atomic E-state index is 0.418. The van der Waals surface area contributed by atoms with Crippen molar-refractivity contribution < 1.29 is 7.48 Å². The molecule has 54 valence electrons. The number of methoxy groups -OCH3 is 1. The van der Waals surface area contributed by atoms with E-state index in [0.717, 1.165) is 0 Å². The van der Waals surface area contributed by atoms with Crippen LogP contribution in [0.3, 0.4) is 0 Å². The Balaban J connectivity index is 3.02. The SMILES string of the molecule is [2H]C([2H])(N)c1cccc(OC)c1. The number of rotatable bonds is 2. The highest BCUT2D eigenvalue weighted by molar-refractivity contribution is 5.27. The van der Waals surface area contributed by atoms with Crippen molar-refractivity contribution in [2.45, 2.75) is 6.50 Å². The molecule has 1 aromatic carbocycles. The molecule has 0 spiro atoms. The molecule has 2 nitrogen and oxygen atoms in total. The van der Waals surface area contributed by atoms with E-state index in [-0.39, 0.29) is 0 Å². The summed E-state index contributed by atoms with van der Waals surface area (Å²) in [7, 11) is 1.53. The molecule has 0 aromatic heterocycles. The summed E-state index contributed by atoms with van der Waals surface area (Å²) in [5.41, 5.74) is 5.68. The van der Waals surface area contributed by atoms with Crippen molar-refractivity contribution in [2.75, 3.05) is 7.11 Å². The van der Waals surface area contributed by atoms with E-state index in [4.69, 9.17) is 13.2 Å². The number of hydrogen-bond donors (Lipinski definition) is 1. The summed E-state index contributed by atoms with van der Waals surface area (Å²) >= 11 is 0. The summed E-state index contributed by atoms with van der Waals surface area (Å²) in [5, 5.41) is 0. The Morgan fingerprint density at radius 3 is 3.10 bits per heavy atom. The number of hydrogen-bond acceptors (Lipinski definition) is 2. The summed E-state index contributed by atoms with van der Waals surface area (Å²) in [6.45, 7) is -1.80. The molecule has 0 bridgehead atoms. The standard InChI is InChI=1S/C8H11NO/c1-10-8-4-2-3-7(5-8)6-9/h2-5H,6,9H2,1H3/i6D2. The second-order valence-corrected chi connectivity index (χ2v) is 1.88. The van der Waals surface area contributed by atoms with E-state index in [1.807, 2.05) is 0 Å². The topological polar surface area (TPSA) is 35.2 Å². The normalized spacial score (nSPS) is 13.8. The van der Waals surface area contributed by atoms with Gasteiger partial charge in [0.15, 0.2) is 0 Å². The van der Waals surface area contributed by atoms with E-state index in [2.05, 4.69) is 0 Å². The van der Waals surface area contributed by atoms with Crippen LogP contribution in [-0.2, 0) is 6.50 Å². The maximum absolute atomic E-state index is 7.23. The average molecular weight is 139 g/mol. The van der Waals surface area contributed by atoms with Crippen molar-refractivity contribution in [3.05, 3.63) is 29.8 Å². The van der Waals surface area contributed by atoms with E-state index >= 15 is 0 Å². The minimum atomic E-state index is -1.80. The zero-order chi connectivity index (χ0) is 9.19. The Morgan fingerprint density at radius 1 is 1.70 bits per heavy atom. The van der Waals surface area contributed by atoms with Crippen molar-refractivity contribution in [3.8, 4) is 5.75 Å². The van der Waals surface area contributed by atoms with Crippen molar-refractivity contribution in [1.29, 1.82) is 0 Å². The first-order chi connectivity index (χ1) is 5.54. The van der Waals surface area contributed by atoms with Gasteiger partial charge < -0.3 is 10.5 Å². The van der Waals surface area contributed by atoms with Gasteiger partial charge >= 0.3 is 0 Å². The maximum atomic E-state index is 7.23. The molecule has 0 amide bonds. The first-order valence-corrected chi connectivity index (χ1v) is 2.97. The average Bonchev–Trinajstić information content (AvgIpc) is 2.03. The third-order valence-electron chi connectivity index (χ3n) is 1.24. The van der Waals surface area contributed by atoms with Crippen LogP contribution in [0.25, 0.3) is 0 Å². The van der Waals surface area contributed by atoms with Crippen molar-refractivity contribution in [2.24, 2.45) is 5.73 Å². The molecular formula is C8H11NO. The van der Waals surface area contributed by atoms with E-state index in [0.29, 0.717) is 11.3 Å².